The van der Waals surface area contributed by atoms with Crippen LogP contribution in [0.1, 0.15) is 45.1 Å². The van der Waals surface area contributed by atoms with Crippen LogP contribution in [0.3, 0.4) is 0 Å². The van der Waals surface area contributed by atoms with Gasteiger partial charge in [-0.15, -0.1) is 0 Å². The summed E-state index contributed by atoms with van der Waals surface area (Å²) in [5, 5.41) is 15.9. The monoisotopic (exact) mass is 281 g/mol. The number of hydrogen-bond donors (Lipinski definition) is 2. The number of carbonyl (C=O) groups is 2. The predicted molar refractivity (Wildman–Crippen MR) is 75.2 cm³/mol. The zero-order valence-electron chi connectivity index (χ0n) is 12.3. The molecule has 1 aromatic rings. The van der Waals surface area contributed by atoms with Crippen LogP contribution < -0.4 is 5.32 Å². The SMILES string of the molecule is CCC(CC)(CC(=O)O)NC(=O)CCc1cnn(C)c1. The van der Waals surface area contributed by atoms with Crippen LogP contribution in [0.4, 0.5) is 0 Å². The number of aryl methyl sites for hydroxylation is 2. The highest BCUT2D eigenvalue weighted by atomic mass is 16.4. The van der Waals surface area contributed by atoms with Gasteiger partial charge in [-0.1, -0.05) is 13.8 Å². The van der Waals surface area contributed by atoms with Crippen LogP contribution in [0.15, 0.2) is 12.4 Å². The number of hydrogen-bond acceptors (Lipinski definition) is 3. The van der Waals surface area contributed by atoms with E-state index in [9.17, 15) is 9.59 Å². The lowest BCUT2D eigenvalue weighted by Crippen LogP contribution is -2.49. The van der Waals surface area contributed by atoms with Crippen molar-refractivity contribution in [1.29, 1.82) is 0 Å². The van der Waals surface area contributed by atoms with Crippen LogP contribution in [-0.4, -0.2) is 32.3 Å². The zero-order valence-corrected chi connectivity index (χ0v) is 12.3. The van der Waals surface area contributed by atoms with E-state index in [2.05, 4.69) is 10.4 Å². The van der Waals surface area contributed by atoms with E-state index in [1.165, 1.54) is 0 Å². The number of nitrogens with zero attached hydrogens (tertiary/aromatic N) is 2. The number of aromatic nitrogens is 2. The Bertz CT molecular complexity index is 464. The lowest BCUT2D eigenvalue weighted by atomic mass is 9.88. The molecule has 0 aliphatic rings. The number of carbonyl (C=O) groups excluding carboxylic acids is 1. The fourth-order valence-corrected chi connectivity index (χ4v) is 2.23. The van der Waals surface area contributed by atoms with Gasteiger partial charge >= 0.3 is 5.97 Å². The van der Waals surface area contributed by atoms with Gasteiger partial charge in [0.05, 0.1) is 12.6 Å². The normalized spacial score (nSPS) is 11.3. The molecule has 0 spiro atoms. The Morgan fingerprint density at radius 2 is 2.05 bits per heavy atom. The number of nitrogens with one attached hydrogen (secondary N) is 1. The van der Waals surface area contributed by atoms with E-state index in [1.54, 1.807) is 10.9 Å². The summed E-state index contributed by atoms with van der Waals surface area (Å²) in [4.78, 5) is 22.9. The summed E-state index contributed by atoms with van der Waals surface area (Å²) in [6.45, 7) is 3.79. The van der Waals surface area contributed by atoms with Gasteiger partial charge in [0.2, 0.25) is 5.91 Å². The third-order valence-corrected chi connectivity index (χ3v) is 3.65. The summed E-state index contributed by atoms with van der Waals surface area (Å²) < 4.78 is 1.69. The molecular weight excluding hydrogens is 258 g/mol. The molecule has 0 aromatic carbocycles. The molecule has 6 heteroatoms. The molecular formula is C14H23N3O3. The molecule has 1 amide bonds. The smallest absolute Gasteiger partial charge is 0.305 e. The second-order valence-electron chi connectivity index (χ2n) is 5.13. The van der Waals surface area contributed by atoms with E-state index < -0.39 is 11.5 Å². The summed E-state index contributed by atoms with van der Waals surface area (Å²) in [5.74, 6) is -1.000. The van der Waals surface area contributed by atoms with Crippen LogP contribution in [-0.2, 0) is 23.1 Å². The molecule has 1 rings (SSSR count). The minimum Gasteiger partial charge on any atom is -0.481 e. The van der Waals surface area contributed by atoms with Crippen molar-refractivity contribution >= 4 is 11.9 Å². The molecule has 0 radical (unpaired) electrons. The van der Waals surface area contributed by atoms with Crippen molar-refractivity contribution in [2.45, 2.75) is 51.5 Å². The van der Waals surface area contributed by atoms with Crippen molar-refractivity contribution in [3.05, 3.63) is 18.0 Å². The third kappa shape index (κ3) is 4.68. The van der Waals surface area contributed by atoms with E-state index in [0.717, 1.165) is 5.56 Å². The molecule has 1 aromatic heterocycles. The maximum Gasteiger partial charge on any atom is 0.305 e. The van der Waals surface area contributed by atoms with Gasteiger partial charge in [-0.3, -0.25) is 14.3 Å². The topological polar surface area (TPSA) is 84.2 Å². The Labute approximate surface area is 119 Å². The van der Waals surface area contributed by atoms with E-state index in [0.29, 0.717) is 25.7 Å². The quantitative estimate of drug-likeness (QED) is 0.756. The Kier molecular flexibility index (Phi) is 5.73. The lowest BCUT2D eigenvalue weighted by Gasteiger charge is -2.31. The average Bonchev–Trinajstić information content (AvgIpc) is 2.81. The third-order valence-electron chi connectivity index (χ3n) is 3.65. The minimum atomic E-state index is -0.888. The molecule has 112 valence electrons. The van der Waals surface area contributed by atoms with Crippen LogP contribution >= 0.6 is 0 Å². The van der Waals surface area contributed by atoms with Gasteiger partial charge in [0, 0.05) is 25.2 Å². The van der Waals surface area contributed by atoms with Gasteiger partial charge in [-0.25, -0.2) is 0 Å². The molecule has 0 saturated heterocycles. The highest BCUT2D eigenvalue weighted by molar-refractivity contribution is 5.78. The molecule has 6 nitrogen and oxygen atoms in total. The lowest BCUT2D eigenvalue weighted by molar-refractivity contribution is -0.139. The van der Waals surface area contributed by atoms with Gasteiger partial charge in [0.1, 0.15) is 0 Å². The van der Waals surface area contributed by atoms with Crippen molar-refractivity contribution in [2.24, 2.45) is 7.05 Å². The van der Waals surface area contributed by atoms with E-state index in [4.69, 9.17) is 5.11 Å². The first kappa shape index (κ1) is 16.2. The molecule has 0 aliphatic heterocycles. The van der Waals surface area contributed by atoms with Crippen molar-refractivity contribution in [3.8, 4) is 0 Å². The number of carboxylic acids is 1. The molecule has 0 bridgehead atoms. The first-order valence-electron chi connectivity index (χ1n) is 6.91. The molecule has 20 heavy (non-hydrogen) atoms. The molecule has 0 saturated carbocycles. The first-order chi connectivity index (χ1) is 9.40. The Morgan fingerprint density at radius 3 is 2.50 bits per heavy atom. The predicted octanol–water partition coefficient (Wildman–Crippen LogP) is 1.50. The van der Waals surface area contributed by atoms with Gasteiger partial charge in [0.25, 0.3) is 0 Å². The van der Waals surface area contributed by atoms with Crippen molar-refractivity contribution in [1.82, 2.24) is 15.1 Å². The van der Waals surface area contributed by atoms with Gasteiger partial charge in [-0.05, 0) is 24.8 Å². The van der Waals surface area contributed by atoms with E-state index in [1.807, 2.05) is 27.1 Å². The van der Waals surface area contributed by atoms with Crippen molar-refractivity contribution in [3.63, 3.8) is 0 Å². The fourth-order valence-electron chi connectivity index (χ4n) is 2.23. The van der Waals surface area contributed by atoms with Crippen molar-refractivity contribution < 1.29 is 14.7 Å². The van der Waals surface area contributed by atoms with Crippen LogP contribution in [0, 0.1) is 0 Å². The standard InChI is InChI=1S/C14H23N3O3/c1-4-14(5-2,8-13(19)20)16-12(18)7-6-11-9-15-17(3)10-11/h9-10H,4-8H2,1-3H3,(H,16,18)(H,19,20). The second kappa shape index (κ2) is 7.07. The summed E-state index contributed by atoms with van der Waals surface area (Å²) in [5.41, 5.74) is 0.359. The molecule has 0 aliphatic carbocycles. The summed E-state index contributed by atoms with van der Waals surface area (Å²) in [6, 6.07) is 0. The Balaban J connectivity index is 2.55. The Morgan fingerprint density at radius 1 is 1.40 bits per heavy atom. The summed E-state index contributed by atoms with van der Waals surface area (Å²) in [7, 11) is 1.83. The van der Waals surface area contributed by atoms with Gasteiger partial charge in [0.15, 0.2) is 0 Å². The maximum absolute atomic E-state index is 12.0. The zero-order chi connectivity index (χ0) is 15.2. The fraction of sp³-hybridized carbons (Fsp3) is 0.643. The number of amides is 1. The molecule has 1 heterocycles. The van der Waals surface area contributed by atoms with Gasteiger partial charge < -0.3 is 10.4 Å². The number of carboxylic acid groups (broad SMARTS) is 1. The molecule has 0 atom stereocenters. The van der Waals surface area contributed by atoms with Crippen LogP contribution in [0.2, 0.25) is 0 Å². The van der Waals surface area contributed by atoms with E-state index >= 15 is 0 Å². The molecule has 0 fully saturated rings. The van der Waals surface area contributed by atoms with Crippen LogP contribution in [0.5, 0.6) is 0 Å². The average molecular weight is 281 g/mol. The van der Waals surface area contributed by atoms with Crippen LogP contribution in [0.25, 0.3) is 0 Å². The second-order valence-corrected chi connectivity index (χ2v) is 5.13. The van der Waals surface area contributed by atoms with E-state index in [-0.39, 0.29) is 12.3 Å². The Hall–Kier alpha value is -1.85. The highest BCUT2D eigenvalue weighted by Crippen LogP contribution is 2.20. The first-order valence-corrected chi connectivity index (χ1v) is 6.91. The maximum atomic E-state index is 12.0. The largest absolute Gasteiger partial charge is 0.481 e. The summed E-state index contributed by atoms with van der Waals surface area (Å²) >= 11 is 0. The highest BCUT2D eigenvalue weighted by Gasteiger charge is 2.30. The molecule has 2 N–H and O–H groups in total. The number of rotatable bonds is 8. The van der Waals surface area contributed by atoms with Gasteiger partial charge in [-0.2, -0.15) is 5.10 Å². The minimum absolute atomic E-state index is 0.0430. The number of aliphatic carboxylic acids is 1. The molecule has 0 unspecified atom stereocenters. The summed E-state index contributed by atoms with van der Waals surface area (Å²) in [6.07, 6.45) is 5.72. The van der Waals surface area contributed by atoms with Crippen molar-refractivity contribution in [2.75, 3.05) is 0 Å².